The molecule has 0 aliphatic rings. The number of hydrogen-bond donors (Lipinski definition) is 0. The van der Waals surface area contributed by atoms with Gasteiger partial charge < -0.3 is 4.18 Å². The van der Waals surface area contributed by atoms with Crippen molar-refractivity contribution in [2.24, 2.45) is 0 Å². The van der Waals surface area contributed by atoms with Gasteiger partial charge in [-0.3, -0.25) is 0 Å². The molecule has 0 amide bonds. The minimum Gasteiger partial charge on any atom is -0.376 e. The van der Waals surface area contributed by atoms with Gasteiger partial charge in [0.1, 0.15) is 4.90 Å². The molecule has 0 N–H and O–H groups in total. The summed E-state index contributed by atoms with van der Waals surface area (Å²) in [6, 6.07) is 7.83. The largest absolute Gasteiger partial charge is 0.376 e. The van der Waals surface area contributed by atoms with Gasteiger partial charge >= 0.3 is 10.1 Å². The van der Waals surface area contributed by atoms with Crippen molar-refractivity contribution in [2.75, 3.05) is 0 Å². The van der Waals surface area contributed by atoms with Crippen LogP contribution in [0.5, 0.6) is 5.75 Å². The van der Waals surface area contributed by atoms with E-state index in [1.165, 1.54) is 30.3 Å². The Morgan fingerprint density at radius 2 is 1.65 bits per heavy atom. The molecule has 0 saturated carbocycles. The molecule has 0 aromatic heterocycles. The quantitative estimate of drug-likeness (QED) is 0.704. The van der Waals surface area contributed by atoms with Gasteiger partial charge in [0.05, 0.1) is 10.0 Å². The Bertz CT molecular complexity index is 742. The van der Waals surface area contributed by atoms with Gasteiger partial charge in [-0.25, -0.2) is 4.39 Å². The molecule has 2 aromatic rings. The molecule has 0 unspecified atom stereocenters. The maximum atomic E-state index is 13.4. The number of benzene rings is 2. The van der Waals surface area contributed by atoms with Crippen molar-refractivity contribution in [3.05, 3.63) is 56.7 Å². The van der Waals surface area contributed by atoms with Crippen LogP contribution in [0.4, 0.5) is 4.39 Å². The standard InChI is InChI=1S/C12H6BrCl2FO3S/c13-7-5-8(14)12(9(15)6-7)20(17,18)19-11-4-2-1-3-10(11)16/h1-6H. The van der Waals surface area contributed by atoms with E-state index in [0.717, 1.165) is 6.07 Å². The zero-order chi connectivity index (χ0) is 14.9. The fourth-order valence-corrected chi connectivity index (χ4v) is 4.27. The predicted molar refractivity (Wildman–Crippen MR) is 78.4 cm³/mol. The number of para-hydroxylation sites is 1. The molecule has 8 heteroatoms. The summed E-state index contributed by atoms with van der Waals surface area (Å²) in [5, 5.41) is -0.249. The van der Waals surface area contributed by atoms with Crippen LogP contribution in [0.2, 0.25) is 10.0 Å². The Morgan fingerprint density at radius 3 is 2.20 bits per heavy atom. The highest BCUT2D eigenvalue weighted by Crippen LogP contribution is 2.34. The van der Waals surface area contributed by atoms with E-state index < -0.39 is 26.6 Å². The first-order chi connectivity index (χ1) is 9.31. The SMILES string of the molecule is O=S(=O)(Oc1ccccc1F)c1c(Cl)cc(Br)cc1Cl. The summed E-state index contributed by atoms with van der Waals surface area (Å²) in [5.74, 6) is -1.23. The van der Waals surface area contributed by atoms with Gasteiger partial charge in [0, 0.05) is 4.47 Å². The first-order valence-corrected chi connectivity index (χ1v) is 8.10. The van der Waals surface area contributed by atoms with Crippen LogP contribution in [0.25, 0.3) is 0 Å². The van der Waals surface area contributed by atoms with E-state index in [0.29, 0.717) is 4.47 Å². The molecule has 3 nitrogen and oxygen atoms in total. The second-order valence-electron chi connectivity index (χ2n) is 3.67. The molecule has 0 atom stereocenters. The maximum absolute atomic E-state index is 13.4. The van der Waals surface area contributed by atoms with Crippen LogP contribution < -0.4 is 4.18 Å². The van der Waals surface area contributed by atoms with Crippen LogP contribution in [0.3, 0.4) is 0 Å². The number of hydrogen-bond acceptors (Lipinski definition) is 3. The molecule has 20 heavy (non-hydrogen) atoms. The van der Waals surface area contributed by atoms with Crippen LogP contribution in [0.15, 0.2) is 45.8 Å². The summed E-state index contributed by atoms with van der Waals surface area (Å²) in [6.45, 7) is 0. The van der Waals surface area contributed by atoms with Crippen LogP contribution in [-0.2, 0) is 10.1 Å². The van der Waals surface area contributed by atoms with Crippen molar-refractivity contribution in [3.8, 4) is 5.75 Å². The molecule has 2 rings (SSSR count). The van der Waals surface area contributed by atoms with Crippen molar-refractivity contribution in [2.45, 2.75) is 4.90 Å². The Hall–Kier alpha value is -0.820. The third-order valence-corrected chi connectivity index (χ3v) is 4.87. The van der Waals surface area contributed by atoms with Crippen LogP contribution >= 0.6 is 39.1 Å². The van der Waals surface area contributed by atoms with E-state index in [4.69, 9.17) is 27.4 Å². The monoisotopic (exact) mass is 398 g/mol. The van der Waals surface area contributed by atoms with Gasteiger partial charge in [0.2, 0.25) is 0 Å². The first kappa shape index (κ1) is 15.6. The average Bonchev–Trinajstić information content (AvgIpc) is 2.30. The van der Waals surface area contributed by atoms with E-state index in [9.17, 15) is 12.8 Å². The third kappa shape index (κ3) is 3.25. The average molecular weight is 400 g/mol. The molecule has 106 valence electrons. The first-order valence-electron chi connectivity index (χ1n) is 5.15. The third-order valence-electron chi connectivity index (χ3n) is 2.25. The van der Waals surface area contributed by atoms with Crippen LogP contribution in [-0.4, -0.2) is 8.42 Å². The molecule has 0 saturated heterocycles. The zero-order valence-corrected chi connectivity index (χ0v) is 13.5. The minimum atomic E-state index is -4.34. The van der Waals surface area contributed by atoms with Gasteiger partial charge in [-0.15, -0.1) is 0 Å². The van der Waals surface area contributed by atoms with Crippen LogP contribution in [0.1, 0.15) is 0 Å². The second kappa shape index (κ2) is 5.89. The summed E-state index contributed by atoms with van der Waals surface area (Å²) in [7, 11) is -4.34. The minimum absolute atomic E-state index is 0.124. The highest BCUT2D eigenvalue weighted by Gasteiger charge is 2.25. The predicted octanol–water partition coefficient (Wildman–Crippen LogP) is 4.66. The van der Waals surface area contributed by atoms with E-state index >= 15 is 0 Å². The summed E-state index contributed by atoms with van der Waals surface area (Å²) in [4.78, 5) is -0.410. The highest BCUT2D eigenvalue weighted by atomic mass is 79.9. The van der Waals surface area contributed by atoms with E-state index in [-0.39, 0.29) is 10.0 Å². The fraction of sp³-hybridized carbons (Fsp3) is 0. The number of halogens is 4. The fourth-order valence-electron chi connectivity index (χ4n) is 1.44. The summed E-state index contributed by atoms with van der Waals surface area (Å²) in [5.41, 5.74) is 0. The molecule has 0 fully saturated rings. The molecule has 2 aromatic carbocycles. The molecule has 0 heterocycles. The topological polar surface area (TPSA) is 43.4 Å². The summed E-state index contributed by atoms with van der Waals surface area (Å²) >= 11 is 14.8. The lowest BCUT2D eigenvalue weighted by molar-refractivity contribution is 0.461. The lowest BCUT2D eigenvalue weighted by Crippen LogP contribution is -2.12. The van der Waals surface area contributed by atoms with Crippen molar-refractivity contribution in [1.29, 1.82) is 0 Å². The maximum Gasteiger partial charge on any atom is 0.342 e. The molecule has 0 aliphatic heterocycles. The van der Waals surface area contributed by atoms with Gasteiger partial charge in [-0.1, -0.05) is 51.3 Å². The lowest BCUT2D eigenvalue weighted by atomic mass is 10.3. The van der Waals surface area contributed by atoms with Crippen molar-refractivity contribution < 1.29 is 17.0 Å². The molecule has 0 bridgehead atoms. The summed E-state index contributed by atoms with van der Waals surface area (Å²) < 4.78 is 43.0. The Kier molecular flexibility index (Phi) is 4.59. The van der Waals surface area contributed by atoms with Crippen molar-refractivity contribution >= 4 is 49.2 Å². The van der Waals surface area contributed by atoms with E-state index in [2.05, 4.69) is 15.9 Å². The van der Waals surface area contributed by atoms with Gasteiger partial charge in [-0.05, 0) is 24.3 Å². The summed E-state index contributed by atoms with van der Waals surface area (Å²) in [6.07, 6.45) is 0. The Balaban J connectivity index is 2.50. The molecule has 0 radical (unpaired) electrons. The van der Waals surface area contributed by atoms with Crippen molar-refractivity contribution in [1.82, 2.24) is 0 Å². The van der Waals surface area contributed by atoms with E-state index in [1.54, 1.807) is 0 Å². The Morgan fingerprint density at radius 1 is 1.10 bits per heavy atom. The molecule has 0 aliphatic carbocycles. The zero-order valence-electron chi connectivity index (χ0n) is 9.61. The highest BCUT2D eigenvalue weighted by molar-refractivity contribution is 9.10. The second-order valence-corrected chi connectivity index (χ2v) is 6.88. The smallest absolute Gasteiger partial charge is 0.342 e. The molecule has 0 spiro atoms. The Labute approximate surface area is 133 Å². The molecular formula is C12H6BrCl2FO3S. The van der Waals surface area contributed by atoms with Gasteiger partial charge in [0.25, 0.3) is 0 Å². The van der Waals surface area contributed by atoms with E-state index in [1.807, 2.05) is 0 Å². The number of rotatable bonds is 3. The van der Waals surface area contributed by atoms with Gasteiger partial charge in [0.15, 0.2) is 11.6 Å². The lowest BCUT2D eigenvalue weighted by Gasteiger charge is -2.10. The van der Waals surface area contributed by atoms with Gasteiger partial charge in [-0.2, -0.15) is 8.42 Å². The van der Waals surface area contributed by atoms with Crippen LogP contribution in [0, 0.1) is 5.82 Å². The normalized spacial score (nSPS) is 11.4. The molecular weight excluding hydrogens is 394 g/mol. The van der Waals surface area contributed by atoms with Crippen molar-refractivity contribution in [3.63, 3.8) is 0 Å².